The Bertz CT molecular complexity index is 653. The van der Waals surface area contributed by atoms with Crippen molar-refractivity contribution in [3.05, 3.63) is 11.1 Å². The molecule has 0 spiro atoms. The van der Waals surface area contributed by atoms with Crippen molar-refractivity contribution in [1.82, 2.24) is 0 Å². The standard InChI is InChI=1S/C22H34O4/c1-11-19-14-6-5-13(12(2)23)21(14,3)8-7-15(19)22(4)10-18(25)17(24)9-16(22)20(11)26/h11-13,15-18,23-25H,5-10H2,1-4H3/t11-,12-,13+,15-,16-,17+,18-,21+,22+/m0/s1. The number of hydrogen-bond donors (Lipinski definition) is 3. The van der Waals surface area contributed by atoms with Crippen molar-refractivity contribution in [3.63, 3.8) is 0 Å². The van der Waals surface area contributed by atoms with E-state index >= 15 is 0 Å². The first-order valence-electron chi connectivity index (χ1n) is 10.4. The second kappa shape index (κ2) is 5.89. The summed E-state index contributed by atoms with van der Waals surface area (Å²) in [4.78, 5) is 13.3. The van der Waals surface area contributed by atoms with Crippen LogP contribution in [0.5, 0.6) is 0 Å². The van der Waals surface area contributed by atoms with E-state index in [1.165, 1.54) is 11.1 Å². The molecule has 0 amide bonds. The molecule has 0 aromatic carbocycles. The van der Waals surface area contributed by atoms with Crippen molar-refractivity contribution in [3.8, 4) is 0 Å². The third-order valence-corrected chi connectivity index (χ3v) is 8.87. The predicted octanol–water partition coefficient (Wildman–Crippen LogP) is 2.85. The van der Waals surface area contributed by atoms with Gasteiger partial charge >= 0.3 is 0 Å². The van der Waals surface area contributed by atoms with Gasteiger partial charge in [0.25, 0.3) is 0 Å². The van der Waals surface area contributed by atoms with Gasteiger partial charge in [0.2, 0.25) is 0 Å². The van der Waals surface area contributed by atoms with Crippen molar-refractivity contribution in [2.45, 2.75) is 84.5 Å². The second-order valence-corrected chi connectivity index (χ2v) is 10.1. The molecule has 3 N–H and O–H groups in total. The van der Waals surface area contributed by atoms with Gasteiger partial charge in [0.05, 0.1) is 18.3 Å². The lowest BCUT2D eigenvalue weighted by Gasteiger charge is -2.58. The van der Waals surface area contributed by atoms with Gasteiger partial charge in [-0.3, -0.25) is 4.79 Å². The van der Waals surface area contributed by atoms with Gasteiger partial charge in [-0.1, -0.05) is 31.9 Å². The largest absolute Gasteiger partial charge is 0.393 e. The van der Waals surface area contributed by atoms with E-state index in [4.69, 9.17) is 0 Å². The Balaban J connectivity index is 1.82. The molecule has 0 unspecified atom stereocenters. The van der Waals surface area contributed by atoms with Gasteiger partial charge in [-0.2, -0.15) is 0 Å². The molecule has 4 rings (SSSR count). The lowest BCUT2D eigenvalue weighted by atomic mass is 9.46. The number of carbonyl (C=O) groups is 1. The first-order chi connectivity index (χ1) is 12.1. The van der Waals surface area contributed by atoms with Gasteiger partial charge in [-0.25, -0.2) is 0 Å². The van der Waals surface area contributed by atoms with Crippen LogP contribution in [0.1, 0.15) is 66.2 Å². The van der Waals surface area contributed by atoms with Crippen LogP contribution in [0, 0.1) is 34.5 Å². The van der Waals surface area contributed by atoms with Crippen molar-refractivity contribution in [2.75, 3.05) is 0 Å². The summed E-state index contributed by atoms with van der Waals surface area (Å²) in [7, 11) is 0. The number of allylic oxidation sites excluding steroid dienone is 2. The maximum absolute atomic E-state index is 13.3. The number of carbonyl (C=O) groups excluding carboxylic acids is 1. The number of ketones is 1. The van der Waals surface area contributed by atoms with E-state index in [1.54, 1.807) is 0 Å². The summed E-state index contributed by atoms with van der Waals surface area (Å²) in [5.74, 6) is 0.601. The minimum atomic E-state index is -0.779. The molecule has 0 radical (unpaired) electrons. The van der Waals surface area contributed by atoms with E-state index < -0.39 is 12.2 Å². The van der Waals surface area contributed by atoms with Crippen LogP contribution in [0.3, 0.4) is 0 Å². The second-order valence-electron chi connectivity index (χ2n) is 10.1. The molecule has 4 aliphatic carbocycles. The minimum absolute atomic E-state index is 0.00450. The monoisotopic (exact) mass is 362 g/mol. The summed E-state index contributed by atoms with van der Waals surface area (Å²) in [6.07, 6.45) is 3.13. The van der Waals surface area contributed by atoms with Crippen LogP contribution in [0.4, 0.5) is 0 Å². The summed E-state index contributed by atoms with van der Waals surface area (Å²) in [6.45, 7) is 8.42. The average molecular weight is 363 g/mol. The molecule has 0 heterocycles. The first-order valence-corrected chi connectivity index (χ1v) is 10.4. The highest BCUT2D eigenvalue weighted by atomic mass is 16.3. The van der Waals surface area contributed by atoms with E-state index in [-0.39, 0.29) is 40.5 Å². The van der Waals surface area contributed by atoms with Gasteiger partial charge in [0, 0.05) is 11.8 Å². The maximum atomic E-state index is 13.3. The Kier molecular flexibility index (Phi) is 4.22. The summed E-state index contributed by atoms with van der Waals surface area (Å²) < 4.78 is 0. The maximum Gasteiger partial charge on any atom is 0.143 e. The molecule has 0 aliphatic heterocycles. The van der Waals surface area contributed by atoms with E-state index in [9.17, 15) is 20.1 Å². The fourth-order valence-electron chi connectivity index (χ4n) is 7.45. The topological polar surface area (TPSA) is 77.8 Å². The Labute approximate surface area is 156 Å². The van der Waals surface area contributed by atoms with Gasteiger partial charge in [-0.15, -0.1) is 0 Å². The zero-order chi connectivity index (χ0) is 19.0. The number of aliphatic hydroxyl groups excluding tert-OH is 3. The lowest BCUT2D eigenvalue weighted by molar-refractivity contribution is -0.152. The normalized spacial score (nSPS) is 52.3. The minimum Gasteiger partial charge on any atom is -0.393 e. The molecule has 9 atom stereocenters. The Hall–Kier alpha value is -0.710. The van der Waals surface area contributed by atoms with Crippen LogP contribution in [0.15, 0.2) is 11.1 Å². The molecule has 146 valence electrons. The average Bonchev–Trinajstić information content (AvgIpc) is 2.92. The summed E-state index contributed by atoms with van der Waals surface area (Å²) >= 11 is 0. The van der Waals surface area contributed by atoms with E-state index in [2.05, 4.69) is 20.8 Å². The van der Waals surface area contributed by atoms with E-state index in [1.807, 2.05) is 6.92 Å². The number of Topliss-reactive ketones (excluding diaryl/α,β-unsaturated/α-hetero) is 1. The van der Waals surface area contributed by atoms with Crippen molar-refractivity contribution in [2.24, 2.45) is 34.5 Å². The van der Waals surface area contributed by atoms with Gasteiger partial charge in [-0.05, 0) is 68.1 Å². The van der Waals surface area contributed by atoms with Gasteiger partial charge in [0.1, 0.15) is 5.78 Å². The molecule has 3 fully saturated rings. The zero-order valence-electron chi connectivity index (χ0n) is 16.5. The third kappa shape index (κ3) is 2.28. The highest BCUT2D eigenvalue weighted by Crippen LogP contribution is 2.65. The van der Waals surface area contributed by atoms with Crippen LogP contribution in [0.2, 0.25) is 0 Å². The molecular formula is C22H34O4. The molecule has 26 heavy (non-hydrogen) atoms. The van der Waals surface area contributed by atoms with E-state index in [0.29, 0.717) is 18.8 Å². The number of rotatable bonds is 1. The third-order valence-electron chi connectivity index (χ3n) is 8.87. The Morgan fingerprint density at radius 1 is 1.12 bits per heavy atom. The molecule has 0 saturated heterocycles. The highest BCUT2D eigenvalue weighted by molar-refractivity contribution is 5.88. The first kappa shape index (κ1) is 18.6. The summed E-state index contributed by atoms with van der Waals surface area (Å²) in [6, 6.07) is 0. The van der Waals surface area contributed by atoms with Crippen LogP contribution in [-0.4, -0.2) is 39.4 Å². The predicted molar refractivity (Wildman–Crippen MR) is 99.3 cm³/mol. The quantitative estimate of drug-likeness (QED) is 0.627. The van der Waals surface area contributed by atoms with Crippen LogP contribution in [0.25, 0.3) is 0 Å². The fraction of sp³-hybridized carbons (Fsp3) is 0.864. The summed E-state index contributed by atoms with van der Waals surface area (Å²) in [5.41, 5.74) is 2.51. The Morgan fingerprint density at radius 2 is 1.81 bits per heavy atom. The van der Waals surface area contributed by atoms with Crippen molar-refractivity contribution in [1.29, 1.82) is 0 Å². The number of hydrogen-bond acceptors (Lipinski definition) is 4. The van der Waals surface area contributed by atoms with Crippen LogP contribution in [-0.2, 0) is 4.79 Å². The fourth-order valence-corrected chi connectivity index (χ4v) is 7.45. The van der Waals surface area contributed by atoms with Crippen molar-refractivity contribution >= 4 is 5.78 Å². The smallest absolute Gasteiger partial charge is 0.143 e. The molecular weight excluding hydrogens is 328 g/mol. The van der Waals surface area contributed by atoms with Crippen LogP contribution < -0.4 is 0 Å². The zero-order valence-corrected chi connectivity index (χ0v) is 16.5. The molecule has 4 heteroatoms. The molecule has 0 bridgehead atoms. The molecule has 0 aromatic rings. The van der Waals surface area contributed by atoms with E-state index in [0.717, 1.165) is 25.7 Å². The number of aliphatic hydroxyl groups is 3. The molecule has 3 saturated carbocycles. The molecule has 4 nitrogen and oxygen atoms in total. The SMILES string of the molecule is C[C@@H]1C(=O)[C@@H]2C[C@@H](O)[C@@H](O)C[C@]2(C)[C@H]2CC[C@@]3(C)C(=C12)CC[C@@H]3[C@H](C)O. The molecule has 4 aliphatic rings. The van der Waals surface area contributed by atoms with Gasteiger partial charge < -0.3 is 15.3 Å². The van der Waals surface area contributed by atoms with Crippen molar-refractivity contribution < 1.29 is 20.1 Å². The lowest BCUT2D eigenvalue weighted by Crippen LogP contribution is -2.57. The van der Waals surface area contributed by atoms with Crippen LogP contribution >= 0.6 is 0 Å². The Morgan fingerprint density at radius 3 is 2.46 bits per heavy atom. The van der Waals surface area contributed by atoms with Gasteiger partial charge in [0.15, 0.2) is 0 Å². The number of fused-ring (bicyclic) bond motifs is 4. The highest BCUT2D eigenvalue weighted by Gasteiger charge is 2.61. The molecule has 0 aromatic heterocycles. The summed E-state index contributed by atoms with van der Waals surface area (Å²) in [5, 5.41) is 30.9.